The van der Waals surface area contributed by atoms with Crippen molar-refractivity contribution >= 4 is 51.9 Å². The Morgan fingerprint density at radius 3 is 2.00 bits per heavy atom. The van der Waals surface area contributed by atoms with Gasteiger partial charge in [0.2, 0.25) is 11.6 Å². The van der Waals surface area contributed by atoms with Crippen LogP contribution >= 0.6 is 11.6 Å². The molecule has 4 rings (SSSR count). The molecule has 13 nitrogen and oxygen atoms in total. The van der Waals surface area contributed by atoms with Crippen molar-refractivity contribution in [2.75, 3.05) is 15.9 Å². The third-order valence-electron chi connectivity index (χ3n) is 4.95. The minimum absolute atomic E-state index is 0.0991. The summed E-state index contributed by atoms with van der Waals surface area (Å²) >= 11 is 5.78. The van der Waals surface area contributed by atoms with Crippen molar-refractivity contribution in [3.63, 3.8) is 0 Å². The quantitative estimate of drug-likeness (QED) is 0.204. The lowest BCUT2D eigenvalue weighted by Crippen LogP contribution is -2.31. The van der Waals surface area contributed by atoms with Gasteiger partial charge in [0.15, 0.2) is 0 Å². The van der Waals surface area contributed by atoms with Crippen LogP contribution in [0.1, 0.15) is 10.4 Å². The van der Waals surface area contributed by atoms with Gasteiger partial charge in [0.25, 0.3) is 11.6 Å². The van der Waals surface area contributed by atoms with E-state index in [0.29, 0.717) is 11.4 Å². The number of carbonyl (C=O) groups is 1. The van der Waals surface area contributed by atoms with Gasteiger partial charge in [-0.1, -0.05) is 48.0 Å². The van der Waals surface area contributed by atoms with E-state index >= 15 is 0 Å². The average molecular weight is 521 g/mol. The van der Waals surface area contributed by atoms with Crippen LogP contribution in [0, 0.1) is 20.2 Å². The fourth-order valence-corrected chi connectivity index (χ4v) is 3.43. The molecule has 0 atom stereocenters. The van der Waals surface area contributed by atoms with Crippen LogP contribution in [0.5, 0.6) is 0 Å². The number of hydrogen-bond acceptors (Lipinski definition) is 10. The van der Waals surface area contributed by atoms with Crippen molar-refractivity contribution in [2.45, 2.75) is 0 Å². The van der Waals surface area contributed by atoms with Crippen molar-refractivity contribution in [3.05, 3.63) is 116 Å². The monoisotopic (exact) mass is 520 g/mol. The highest BCUT2D eigenvalue weighted by Crippen LogP contribution is 2.32. The largest absolute Gasteiger partial charge is 0.356 e. The van der Waals surface area contributed by atoms with E-state index in [1.54, 1.807) is 29.3 Å². The van der Waals surface area contributed by atoms with Gasteiger partial charge in [0, 0.05) is 11.6 Å². The van der Waals surface area contributed by atoms with Crippen molar-refractivity contribution in [2.24, 2.45) is 0 Å². The Hall–Kier alpha value is -5.30. The predicted octanol–water partition coefficient (Wildman–Crippen LogP) is 4.87. The maximum absolute atomic E-state index is 12.5. The highest BCUT2D eigenvalue weighted by Gasteiger charge is 2.26. The van der Waals surface area contributed by atoms with Gasteiger partial charge >= 0.3 is 5.69 Å². The fraction of sp³-hybridized carbons (Fsp3) is 0. The van der Waals surface area contributed by atoms with E-state index in [1.165, 1.54) is 12.1 Å². The highest BCUT2D eigenvalue weighted by molar-refractivity contribution is 6.32. The number of nitro groups is 2. The minimum atomic E-state index is -0.808. The summed E-state index contributed by atoms with van der Waals surface area (Å²) in [6, 6.07) is 21.6. The Morgan fingerprint density at radius 2 is 1.43 bits per heavy atom. The molecule has 4 aromatic rings. The molecule has 0 fully saturated rings. The first-order valence-corrected chi connectivity index (χ1v) is 10.9. The van der Waals surface area contributed by atoms with Crippen molar-refractivity contribution in [3.8, 4) is 0 Å². The van der Waals surface area contributed by atoms with Gasteiger partial charge in [-0.2, -0.15) is 0 Å². The number of nitro benzene ring substituents is 1. The van der Waals surface area contributed by atoms with Crippen molar-refractivity contribution in [1.82, 2.24) is 15.4 Å². The van der Waals surface area contributed by atoms with Crippen LogP contribution < -0.4 is 21.3 Å². The third-order valence-corrected chi connectivity index (χ3v) is 5.27. The van der Waals surface area contributed by atoms with Gasteiger partial charge < -0.3 is 0 Å². The second kappa shape index (κ2) is 11.0. The second-order valence-electron chi connectivity index (χ2n) is 7.30. The van der Waals surface area contributed by atoms with Gasteiger partial charge in [-0.05, 0) is 36.4 Å². The average Bonchev–Trinajstić information content (AvgIpc) is 2.91. The van der Waals surface area contributed by atoms with E-state index in [2.05, 4.69) is 26.2 Å². The summed E-state index contributed by atoms with van der Waals surface area (Å²) in [6.45, 7) is 0. The maximum Gasteiger partial charge on any atom is 0.356 e. The number of nitrogens with zero attached hydrogens (tertiary/aromatic N) is 5. The standard InChI is InChI=1S/C23H17ClN8O5/c24-18-12-11-15(13-19(18)31(34)35)23(33)28-27-21-20(32(36)37)22(26-14-25-21)29-30(16-7-3-1-4-8-16)17-9-5-2-6-10-17/h1-14H,(H,28,33)(H2,25,26,27,29). The molecule has 1 amide bonds. The number of hydrazine groups is 2. The van der Waals surface area contributed by atoms with E-state index in [0.717, 1.165) is 12.4 Å². The molecule has 3 aromatic carbocycles. The number of carbonyl (C=O) groups excluding carboxylic acids is 1. The number of anilines is 4. The summed E-state index contributed by atoms with van der Waals surface area (Å²) < 4.78 is 0. The number of amides is 1. The second-order valence-corrected chi connectivity index (χ2v) is 7.70. The van der Waals surface area contributed by atoms with Crippen LogP contribution in [-0.2, 0) is 0 Å². The van der Waals surface area contributed by atoms with Crippen LogP contribution in [0.4, 0.5) is 34.4 Å². The molecule has 1 heterocycles. The number of aromatic nitrogens is 2. The molecule has 0 radical (unpaired) electrons. The Labute approximate surface area is 214 Å². The van der Waals surface area contributed by atoms with Crippen LogP contribution in [0.2, 0.25) is 5.02 Å². The Morgan fingerprint density at radius 1 is 0.838 bits per heavy atom. The van der Waals surface area contributed by atoms with Crippen LogP contribution in [0.25, 0.3) is 0 Å². The first-order valence-electron chi connectivity index (χ1n) is 10.5. The lowest BCUT2D eigenvalue weighted by Gasteiger charge is -2.26. The summed E-state index contributed by atoms with van der Waals surface area (Å²) in [7, 11) is 0. The number of benzene rings is 3. The summed E-state index contributed by atoms with van der Waals surface area (Å²) in [5, 5.41) is 24.6. The Kier molecular flexibility index (Phi) is 7.35. The van der Waals surface area contributed by atoms with Gasteiger partial charge in [-0.15, -0.1) is 0 Å². The highest BCUT2D eigenvalue weighted by atomic mass is 35.5. The van der Waals surface area contributed by atoms with Gasteiger partial charge in [-0.25, -0.2) is 9.97 Å². The molecule has 0 bridgehead atoms. The first kappa shape index (κ1) is 24.8. The number of hydrogen-bond donors (Lipinski definition) is 3. The van der Waals surface area contributed by atoms with Crippen LogP contribution in [-0.4, -0.2) is 25.7 Å². The van der Waals surface area contributed by atoms with E-state index in [1.807, 2.05) is 36.4 Å². The molecule has 37 heavy (non-hydrogen) atoms. The van der Waals surface area contributed by atoms with Gasteiger partial charge in [0.1, 0.15) is 11.3 Å². The Bertz CT molecular complexity index is 1420. The number of nitrogens with one attached hydrogen (secondary N) is 3. The SMILES string of the molecule is O=C(NNc1ncnc(NN(c2ccccc2)c2ccccc2)c1[N+](=O)[O-])c1ccc(Cl)c([N+](=O)[O-])c1. The topological polar surface area (TPSA) is 168 Å². The van der Waals surface area contributed by atoms with E-state index in [4.69, 9.17) is 11.6 Å². The van der Waals surface area contributed by atoms with E-state index in [-0.39, 0.29) is 22.2 Å². The molecule has 0 aliphatic rings. The molecular weight excluding hydrogens is 504 g/mol. The summed E-state index contributed by atoms with van der Waals surface area (Å²) in [5.74, 6) is -1.29. The Balaban J connectivity index is 1.62. The molecular formula is C23H17ClN8O5. The molecule has 14 heteroatoms. The molecule has 1 aromatic heterocycles. The molecule has 0 aliphatic carbocycles. The molecule has 0 saturated heterocycles. The zero-order valence-electron chi connectivity index (χ0n) is 18.7. The normalized spacial score (nSPS) is 10.3. The summed E-state index contributed by atoms with van der Waals surface area (Å²) in [4.78, 5) is 42.1. The molecule has 0 spiro atoms. The smallest absolute Gasteiger partial charge is 0.276 e. The molecule has 3 N–H and O–H groups in total. The van der Waals surface area contributed by atoms with Gasteiger partial charge in [0.05, 0.1) is 21.2 Å². The number of rotatable bonds is 9. The number of para-hydroxylation sites is 2. The first-order chi connectivity index (χ1) is 17.8. The summed E-state index contributed by atoms with van der Waals surface area (Å²) in [6.07, 6.45) is 1.07. The van der Waals surface area contributed by atoms with Crippen LogP contribution in [0.3, 0.4) is 0 Å². The predicted molar refractivity (Wildman–Crippen MR) is 137 cm³/mol. The van der Waals surface area contributed by atoms with Crippen molar-refractivity contribution < 1.29 is 14.6 Å². The van der Waals surface area contributed by atoms with Gasteiger partial charge in [-0.3, -0.25) is 46.3 Å². The van der Waals surface area contributed by atoms with Crippen molar-refractivity contribution in [1.29, 1.82) is 0 Å². The lowest BCUT2D eigenvalue weighted by molar-refractivity contribution is -0.384. The third kappa shape index (κ3) is 5.68. The van der Waals surface area contributed by atoms with Crippen LogP contribution in [0.15, 0.2) is 85.2 Å². The van der Waals surface area contributed by atoms with E-state index < -0.39 is 27.1 Å². The summed E-state index contributed by atoms with van der Waals surface area (Å²) in [5.41, 5.74) is 7.82. The number of halogens is 1. The lowest BCUT2D eigenvalue weighted by atomic mass is 10.2. The molecule has 0 aliphatic heterocycles. The van der Waals surface area contributed by atoms with E-state index in [9.17, 15) is 25.0 Å². The zero-order chi connectivity index (χ0) is 26.4. The maximum atomic E-state index is 12.5. The molecule has 0 saturated carbocycles. The molecule has 186 valence electrons. The fourth-order valence-electron chi connectivity index (χ4n) is 3.25. The molecule has 0 unspecified atom stereocenters. The zero-order valence-corrected chi connectivity index (χ0v) is 19.5. The minimum Gasteiger partial charge on any atom is -0.276 e.